The number of rotatable bonds is 3. The molecule has 34 heavy (non-hydrogen) atoms. The van der Waals surface area contributed by atoms with Gasteiger partial charge in [-0.15, -0.1) is 0 Å². The number of morpholine rings is 1. The minimum Gasteiger partial charge on any atom is -0.381 e. The summed E-state index contributed by atoms with van der Waals surface area (Å²) in [4.78, 5) is 27.1. The molecule has 2 aromatic heterocycles. The van der Waals surface area contributed by atoms with Gasteiger partial charge < -0.3 is 23.8 Å². The molecule has 0 radical (unpaired) electrons. The lowest BCUT2D eigenvalue weighted by atomic mass is 9.98. The van der Waals surface area contributed by atoms with Gasteiger partial charge in [0.25, 0.3) is 0 Å². The Morgan fingerprint density at radius 1 is 1.06 bits per heavy atom. The molecule has 2 fully saturated rings. The highest BCUT2D eigenvalue weighted by molar-refractivity contribution is 5.97. The van der Waals surface area contributed by atoms with E-state index in [2.05, 4.69) is 33.7 Å². The molecule has 1 atom stereocenters. The molecule has 178 valence electrons. The minimum absolute atomic E-state index is 0.138. The number of nitrogens with zero attached hydrogens (tertiary/aromatic N) is 5. The molecule has 5 heterocycles. The first-order valence-electron chi connectivity index (χ1n) is 12.3. The fourth-order valence-electron chi connectivity index (χ4n) is 5.59. The minimum atomic E-state index is -0.256. The molecule has 2 saturated heterocycles. The standard InChI is InChI=1S/C26H31N5O3/c1-17-26(32)29(2)16-22-24(28-25(31(17)22)18-6-10-33-11-7-18)20-5-3-4-19-14-23(27-15-21(19)20)30-8-12-34-13-9-30/h3-5,14-15,17-18H,6-13,16H2,1-2H3/t17-/m0/s1. The third-order valence-corrected chi connectivity index (χ3v) is 7.47. The van der Waals surface area contributed by atoms with Crippen LogP contribution in [0.1, 0.15) is 43.2 Å². The number of carbonyl (C=O) groups excluding carboxylic acids is 1. The van der Waals surface area contributed by atoms with Crippen LogP contribution in [0.3, 0.4) is 0 Å². The number of benzene rings is 1. The second-order valence-electron chi connectivity index (χ2n) is 9.56. The zero-order valence-electron chi connectivity index (χ0n) is 19.9. The Morgan fingerprint density at radius 3 is 2.62 bits per heavy atom. The van der Waals surface area contributed by atoms with Crippen LogP contribution in [0, 0.1) is 0 Å². The summed E-state index contributed by atoms with van der Waals surface area (Å²) >= 11 is 0. The van der Waals surface area contributed by atoms with Gasteiger partial charge in [-0.25, -0.2) is 9.97 Å². The van der Waals surface area contributed by atoms with Crippen LogP contribution in [-0.4, -0.2) is 71.9 Å². The van der Waals surface area contributed by atoms with Crippen LogP contribution in [-0.2, 0) is 20.8 Å². The van der Waals surface area contributed by atoms with Crippen molar-refractivity contribution in [3.8, 4) is 11.3 Å². The van der Waals surface area contributed by atoms with Crippen LogP contribution in [0.25, 0.3) is 22.0 Å². The molecule has 3 aromatic rings. The summed E-state index contributed by atoms with van der Waals surface area (Å²) in [6.07, 6.45) is 3.86. The first kappa shape index (κ1) is 21.6. The van der Waals surface area contributed by atoms with Gasteiger partial charge in [-0.3, -0.25) is 4.79 Å². The predicted molar refractivity (Wildman–Crippen MR) is 130 cm³/mol. The Kier molecular flexibility index (Phi) is 5.50. The molecule has 3 aliphatic heterocycles. The molecule has 0 saturated carbocycles. The van der Waals surface area contributed by atoms with E-state index in [-0.39, 0.29) is 11.9 Å². The molecule has 8 heteroatoms. The average Bonchev–Trinajstić information content (AvgIpc) is 3.27. The lowest BCUT2D eigenvalue weighted by Gasteiger charge is -2.32. The van der Waals surface area contributed by atoms with Crippen LogP contribution in [0.15, 0.2) is 30.5 Å². The van der Waals surface area contributed by atoms with Crippen molar-refractivity contribution < 1.29 is 14.3 Å². The number of hydrogen-bond donors (Lipinski definition) is 0. The van der Waals surface area contributed by atoms with Crippen molar-refractivity contribution in [2.75, 3.05) is 51.5 Å². The Hall–Kier alpha value is -2.97. The van der Waals surface area contributed by atoms with E-state index in [9.17, 15) is 4.79 Å². The number of aromatic nitrogens is 3. The molecule has 3 aliphatic rings. The number of pyridine rings is 1. The van der Waals surface area contributed by atoms with Crippen molar-refractivity contribution in [1.82, 2.24) is 19.4 Å². The first-order valence-corrected chi connectivity index (χ1v) is 12.3. The summed E-state index contributed by atoms with van der Waals surface area (Å²) in [6, 6.07) is 8.29. The topological polar surface area (TPSA) is 72.7 Å². The van der Waals surface area contributed by atoms with E-state index < -0.39 is 0 Å². The molecule has 1 amide bonds. The number of hydrogen-bond acceptors (Lipinski definition) is 6. The van der Waals surface area contributed by atoms with E-state index in [1.807, 2.05) is 25.1 Å². The Bertz CT molecular complexity index is 1230. The number of ether oxygens (including phenoxy) is 2. The molecule has 0 N–H and O–H groups in total. The summed E-state index contributed by atoms with van der Waals surface area (Å²) in [5.74, 6) is 2.46. The lowest BCUT2D eigenvalue weighted by Crippen LogP contribution is -2.40. The predicted octanol–water partition coefficient (Wildman–Crippen LogP) is 3.36. The van der Waals surface area contributed by atoms with E-state index in [1.54, 1.807) is 0 Å². The van der Waals surface area contributed by atoms with Crippen molar-refractivity contribution in [1.29, 1.82) is 0 Å². The summed E-state index contributed by atoms with van der Waals surface area (Å²) in [5.41, 5.74) is 3.16. The Morgan fingerprint density at radius 2 is 1.82 bits per heavy atom. The summed E-state index contributed by atoms with van der Waals surface area (Å²) in [7, 11) is 1.88. The van der Waals surface area contributed by atoms with Crippen LogP contribution in [0.2, 0.25) is 0 Å². The average molecular weight is 462 g/mol. The van der Waals surface area contributed by atoms with Gasteiger partial charge >= 0.3 is 0 Å². The van der Waals surface area contributed by atoms with Crippen molar-refractivity contribution >= 4 is 22.5 Å². The Balaban J connectivity index is 1.48. The Labute approximate surface area is 199 Å². The number of anilines is 1. The highest BCUT2D eigenvalue weighted by atomic mass is 16.5. The van der Waals surface area contributed by atoms with Crippen LogP contribution in [0.4, 0.5) is 5.82 Å². The summed E-state index contributed by atoms with van der Waals surface area (Å²) < 4.78 is 13.3. The summed E-state index contributed by atoms with van der Waals surface area (Å²) in [5, 5.41) is 2.24. The third kappa shape index (κ3) is 3.56. The second-order valence-corrected chi connectivity index (χ2v) is 9.56. The fraction of sp³-hybridized carbons (Fsp3) is 0.500. The van der Waals surface area contributed by atoms with Gasteiger partial charge in [-0.05, 0) is 31.2 Å². The van der Waals surface area contributed by atoms with Gasteiger partial charge in [0.15, 0.2) is 0 Å². The maximum atomic E-state index is 12.9. The molecule has 6 rings (SSSR count). The van der Waals surface area contributed by atoms with Crippen molar-refractivity contribution in [3.63, 3.8) is 0 Å². The van der Waals surface area contributed by atoms with E-state index in [1.165, 1.54) is 0 Å². The van der Waals surface area contributed by atoms with E-state index in [0.717, 1.165) is 91.7 Å². The molecule has 0 aliphatic carbocycles. The monoisotopic (exact) mass is 461 g/mol. The smallest absolute Gasteiger partial charge is 0.245 e. The van der Waals surface area contributed by atoms with Crippen LogP contribution < -0.4 is 4.90 Å². The van der Waals surface area contributed by atoms with Crippen molar-refractivity contribution in [2.45, 2.75) is 38.3 Å². The highest BCUT2D eigenvalue weighted by Gasteiger charge is 2.36. The number of carbonyl (C=O) groups is 1. The summed E-state index contributed by atoms with van der Waals surface area (Å²) in [6.45, 7) is 7.23. The second kappa shape index (κ2) is 8.67. The number of imidazole rings is 1. The molecular weight excluding hydrogens is 430 g/mol. The zero-order chi connectivity index (χ0) is 23.2. The largest absolute Gasteiger partial charge is 0.381 e. The zero-order valence-corrected chi connectivity index (χ0v) is 19.9. The van der Waals surface area contributed by atoms with Crippen LogP contribution in [0.5, 0.6) is 0 Å². The van der Waals surface area contributed by atoms with Gasteiger partial charge in [0.1, 0.15) is 17.7 Å². The van der Waals surface area contributed by atoms with Crippen LogP contribution >= 0.6 is 0 Å². The van der Waals surface area contributed by atoms with Gasteiger partial charge in [-0.1, -0.05) is 18.2 Å². The van der Waals surface area contributed by atoms with E-state index >= 15 is 0 Å². The molecular formula is C26H31N5O3. The highest BCUT2D eigenvalue weighted by Crippen LogP contribution is 2.39. The first-order chi connectivity index (χ1) is 16.6. The SMILES string of the molecule is C[C@H]1C(=O)N(C)Cc2c(-c3cccc4cc(N5CCOCC5)ncc34)nc(C3CCOCC3)n21. The third-order valence-electron chi connectivity index (χ3n) is 7.47. The van der Waals surface area contributed by atoms with Gasteiger partial charge in [0.2, 0.25) is 5.91 Å². The maximum Gasteiger partial charge on any atom is 0.245 e. The van der Waals surface area contributed by atoms with E-state index in [0.29, 0.717) is 12.5 Å². The van der Waals surface area contributed by atoms with Crippen molar-refractivity contribution in [2.24, 2.45) is 0 Å². The van der Waals surface area contributed by atoms with E-state index in [4.69, 9.17) is 19.4 Å². The molecule has 0 unspecified atom stereocenters. The van der Waals surface area contributed by atoms with Gasteiger partial charge in [0, 0.05) is 56.4 Å². The maximum absolute atomic E-state index is 12.9. The quantitative estimate of drug-likeness (QED) is 0.596. The number of likely N-dealkylation sites (N-methyl/N-ethyl adjacent to an activating group) is 1. The van der Waals surface area contributed by atoms with Gasteiger partial charge in [-0.2, -0.15) is 0 Å². The lowest BCUT2D eigenvalue weighted by molar-refractivity contribution is -0.135. The number of fused-ring (bicyclic) bond motifs is 2. The number of amides is 1. The fourth-order valence-corrected chi connectivity index (χ4v) is 5.59. The molecule has 1 aromatic carbocycles. The van der Waals surface area contributed by atoms with Crippen molar-refractivity contribution in [3.05, 3.63) is 42.0 Å². The van der Waals surface area contributed by atoms with Gasteiger partial charge in [0.05, 0.1) is 31.1 Å². The normalized spacial score (nSPS) is 21.8. The molecule has 0 bridgehead atoms. The molecule has 8 nitrogen and oxygen atoms in total. The molecule has 0 spiro atoms.